The van der Waals surface area contributed by atoms with Crippen molar-refractivity contribution in [3.63, 3.8) is 0 Å². The summed E-state index contributed by atoms with van der Waals surface area (Å²) in [6.07, 6.45) is 5.77. The SMILES string of the molecule is CCONC1=CC2CCC(C1)N2C[C@@H](C)CN1C(=O)COc2ccccc21. The van der Waals surface area contributed by atoms with Crippen LogP contribution in [0.3, 0.4) is 0 Å². The minimum Gasteiger partial charge on any atom is -0.482 e. The van der Waals surface area contributed by atoms with Gasteiger partial charge in [0.25, 0.3) is 5.91 Å². The molecule has 6 heteroatoms. The number of nitrogens with one attached hydrogen (secondary N) is 1. The van der Waals surface area contributed by atoms with Crippen LogP contribution in [0.2, 0.25) is 0 Å². The molecular weight excluding hydrogens is 342 g/mol. The van der Waals surface area contributed by atoms with Crippen molar-refractivity contribution in [2.24, 2.45) is 5.92 Å². The zero-order valence-electron chi connectivity index (χ0n) is 16.2. The minimum absolute atomic E-state index is 0.0465. The van der Waals surface area contributed by atoms with Gasteiger partial charge in [0, 0.05) is 37.3 Å². The van der Waals surface area contributed by atoms with Crippen LogP contribution in [0.25, 0.3) is 0 Å². The number of para-hydroxylation sites is 2. The average Bonchev–Trinajstić information content (AvgIpc) is 2.90. The van der Waals surface area contributed by atoms with E-state index in [0.29, 0.717) is 24.6 Å². The van der Waals surface area contributed by atoms with Crippen molar-refractivity contribution in [3.05, 3.63) is 36.0 Å². The number of carbonyl (C=O) groups is 1. The topological polar surface area (TPSA) is 54.0 Å². The number of benzene rings is 1. The number of hydroxylamine groups is 1. The summed E-state index contributed by atoms with van der Waals surface area (Å²) in [5, 5.41) is 0. The molecule has 1 aromatic carbocycles. The summed E-state index contributed by atoms with van der Waals surface area (Å²) in [5.74, 6) is 1.24. The predicted octanol–water partition coefficient (Wildman–Crippen LogP) is 2.71. The van der Waals surface area contributed by atoms with E-state index in [9.17, 15) is 4.79 Å². The Morgan fingerprint density at radius 3 is 2.96 bits per heavy atom. The second-order valence-electron chi connectivity index (χ2n) is 7.79. The van der Waals surface area contributed by atoms with Crippen LogP contribution >= 0.6 is 0 Å². The molecule has 146 valence electrons. The van der Waals surface area contributed by atoms with Gasteiger partial charge in [0.2, 0.25) is 0 Å². The molecule has 0 spiro atoms. The van der Waals surface area contributed by atoms with Gasteiger partial charge in [-0.3, -0.25) is 20.0 Å². The molecule has 2 bridgehead atoms. The fraction of sp³-hybridized carbons (Fsp3) is 0.571. The fourth-order valence-electron chi connectivity index (χ4n) is 4.53. The van der Waals surface area contributed by atoms with E-state index in [1.54, 1.807) is 0 Å². The lowest BCUT2D eigenvalue weighted by molar-refractivity contribution is -0.121. The van der Waals surface area contributed by atoms with E-state index in [0.717, 1.165) is 30.9 Å². The summed E-state index contributed by atoms with van der Waals surface area (Å²) < 4.78 is 5.56. The zero-order chi connectivity index (χ0) is 18.8. The number of ether oxygens (including phenoxy) is 1. The van der Waals surface area contributed by atoms with Crippen molar-refractivity contribution in [1.82, 2.24) is 10.4 Å². The maximum absolute atomic E-state index is 12.4. The third kappa shape index (κ3) is 3.82. The largest absolute Gasteiger partial charge is 0.482 e. The van der Waals surface area contributed by atoms with Gasteiger partial charge in [-0.25, -0.2) is 0 Å². The molecule has 0 radical (unpaired) electrons. The molecule has 1 aromatic rings. The molecule has 0 aliphatic carbocycles. The highest BCUT2D eigenvalue weighted by Gasteiger charge is 2.37. The molecule has 2 unspecified atom stereocenters. The first-order valence-electron chi connectivity index (χ1n) is 10.0. The first-order chi connectivity index (χ1) is 13.2. The number of hydrogen-bond acceptors (Lipinski definition) is 5. The molecule has 27 heavy (non-hydrogen) atoms. The highest BCUT2D eigenvalue weighted by molar-refractivity contribution is 5.97. The van der Waals surface area contributed by atoms with Crippen molar-refractivity contribution in [3.8, 4) is 5.75 Å². The fourth-order valence-corrected chi connectivity index (χ4v) is 4.53. The first kappa shape index (κ1) is 18.3. The molecule has 1 saturated heterocycles. The Kier molecular flexibility index (Phi) is 5.36. The standard InChI is InChI=1S/C21H29N3O3/c1-3-27-22-16-10-17-8-9-18(11-16)23(17)12-15(2)13-24-19-6-4-5-7-20(19)26-14-21(24)25/h4-7,10,15,17-18,22H,3,8-9,11-14H2,1-2H3/t15-,17?,18?/m1/s1. The van der Waals surface area contributed by atoms with Gasteiger partial charge in [-0.1, -0.05) is 19.1 Å². The van der Waals surface area contributed by atoms with Crippen LogP contribution in [-0.2, 0) is 9.63 Å². The molecular formula is C21H29N3O3. The number of anilines is 1. The summed E-state index contributed by atoms with van der Waals surface area (Å²) >= 11 is 0. The summed E-state index contributed by atoms with van der Waals surface area (Å²) in [4.78, 5) is 22.3. The molecule has 3 aliphatic heterocycles. The number of hydrogen-bond donors (Lipinski definition) is 1. The first-order valence-corrected chi connectivity index (χ1v) is 10.0. The van der Waals surface area contributed by atoms with Crippen molar-refractivity contribution in [2.45, 2.75) is 45.2 Å². The van der Waals surface area contributed by atoms with Crippen LogP contribution in [0.15, 0.2) is 36.0 Å². The van der Waals surface area contributed by atoms with E-state index in [2.05, 4.69) is 23.4 Å². The monoisotopic (exact) mass is 371 g/mol. The van der Waals surface area contributed by atoms with Crippen LogP contribution in [0.4, 0.5) is 5.69 Å². The second-order valence-corrected chi connectivity index (χ2v) is 7.79. The maximum atomic E-state index is 12.4. The molecule has 4 rings (SSSR count). The number of carbonyl (C=O) groups excluding carboxylic acids is 1. The Labute approximate surface area is 161 Å². The van der Waals surface area contributed by atoms with Crippen molar-refractivity contribution in [1.29, 1.82) is 0 Å². The molecule has 6 nitrogen and oxygen atoms in total. The lowest BCUT2D eigenvalue weighted by Gasteiger charge is -2.37. The summed E-state index contributed by atoms with van der Waals surface area (Å²) in [6, 6.07) is 8.85. The minimum atomic E-state index is 0.0465. The number of amides is 1. The molecule has 0 saturated carbocycles. The number of rotatable bonds is 7. The third-order valence-corrected chi connectivity index (χ3v) is 5.71. The quantitative estimate of drug-likeness (QED) is 0.747. The predicted molar refractivity (Wildman–Crippen MR) is 104 cm³/mol. The molecule has 0 aromatic heterocycles. The Hall–Kier alpha value is -2.05. The second kappa shape index (κ2) is 7.90. The molecule has 3 atom stereocenters. The van der Waals surface area contributed by atoms with Crippen LogP contribution in [0, 0.1) is 5.92 Å². The van der Waals surface area contributed by atoms with E-state index in [1.807, 2.05) is 36.1 Å². The lowest BCUT2D eigenvalue weighted by Crippen LogP contribution is -2.47. The van der Waals surface area contributed by atoms with Crippen LogP contribution in [-0.4, -0.2) is 49.2 Å². The highest BCUT2D eigenvalue weighted by Crippen LogP contribution is 2.36. The summed E-state index contributed by atoms with van der Waals surface area (Å²) in [7, 11) is 0. The Bertz CT molecular complexity index is 720. The van der Waals surface area contributed by atoms with Crippen LogP contribution < -0.4 is 15.1 Å². The third-order valence-electron chi connectivity index (χ3n) is 5.71. The van der Waals surface area contributed by atoms with Crippen LogP contribution in [0.1, 0.15) is 33.1 Å². The van der Waals surface area contributed by atoms with Gasteiger partial charge in [0.15, 0.2) is 6.61 Å². The van der Waals surface area contributed by atoms with Crippen molar-refractivity contribution in [2.75, 3.05) is 31.2 Å². The summed E-state index contributed by atoms with van der Waals surface area (Å²) in [5.41, 5.74) is 5.20. The van der Waals surface area contributed by atoms with Crippen molar-refractivity contribution < 1.29 is 14.4 Å². The zero-order valence-corrected chi connectivity index (χ0v) is 16.2. The lowest BCUT2D eigenvalue weighted by atomic mass is 10.0. The smallest absolute Gasteiger partial charge is 0.265 e. The Morgan fingerprint density at radius 1 is 1.30 bits per heavy atom. The van der Waals surface area contributed by atoms with Gasteiger partial charge in [0.1, 0.15) is 5.75 Å². The van der Waals surface area contributed by atoms with Crippen LogP contribution in [0.5, 0.6) is 5.75 Å². The maximum Gasteiger partial charge on any atom is 0.265 e. The van der Waals surface area contributed by atoms with Gasteiger partial charge in [-0.05, 0) is 43.9 Å². The molecule has 3 aliphatic rings. The van der Waals surface area contributed by atoms with Gasteiger partial charge in [0.05, 0.1) is 12.3 Å². The van der Waals surface area contributed by atoms with Crippen molar-refractivity contribution >= 4 is 11.6 Å². The Morgan fingerprint density at radius 2 is 2.15 bits per heavy atom. The van der Waals surface area contributed by atoms with Gasteiger partial charge >= 0.3 is 0 Å². The summed E-state index contributed by atoms with van der Waals surface area (Å²) in [6.45, 7) is 6.76. The van der Waals surface area contributed by atoms with E-state index >= 15 is 0 Å². The Balaban J connectivity index is 1.40. The molecule has 1 amide bonds. The molecule has 1 fully saturated rings. The van der Waals surface area contributed by atoms with Gasteiger partial charge in [-0.2, -0.15) is 0 Å². The molecule has 1 N–H and O–H groups in total. The molecule has 3 heterocycles. The van der Waals surface area contributed by atoms with E-state index in [-0.39, 0.29) is 12.5 Å². The van der Waals surface area contributed by atoms with E-state index in [1.165, 1.54) is 18.5 Å². The van der Waals surface area contributed by atoms with Gasteiger partial charge in [-0.15, -0.1) is 0 Å². The van der Waals surface area contributed by atoms with E-state index in [4.69, 9.17) is 9.57 Å². The van der Waals surface area contributed by atoms with E-state index < -0.39 is 0 Å². The highest BCUT2D eigenvalue weighted by atomic mass is 16.6. The number of nitrogens with zero attached hydrogens (tertiary/aromatic N) is 2. The van der Waals surface area contributed by atoms with Gasteiger partial charge < -0.3 is 9.64 Å². The number of fused-ring (bicyclic) bond motifs is 3. The normalized spacial score (nSPS) is 25.6. The average molecular weight is 371 g/mol.